The van der Waals surface area contributed by atoms with Gasteiger partial charge in [0.25, 0.3) is 0 Å². The van der Waals surface area contributed by atoms with Crippen molar-refractivity contribution in [1.29, 1.82) is 0 Å². The lowest BCUT2D eigenvalue weighted by molar-refractivity contribution is -0.161. The number of hydrogen-bond donors (Lipinski definition) is 3. The van der Waals surface area contributed by atoms with E-state index in [4.69, 9.17) is 23.6 Å². The third-order valence-electron chi connectivity index (χ3n) is 9.86. The summed E-state index contributed by atoms with van der Waals surface area (Å²) in [7, 11) is -4.62. The smallest absolute Gasteiger partial charge is 0.462 e. The molecule has 0 saturated carbocycles. The molecular weight excluding hydrogens is 731 g/mol. The van der Waals surface area contributed by atoms with Crippen LogP contribution in [-0.2, 0) is 32.7 Å². The number of esters is 2. The summed E-state index contributed by atoms with van der Waals surface area (Å²) in [6.07, 6.45) is 41.3. The quantitative estimate of drug-likeness (QED) is 0.0235. The minimum absolute atomic E-state index is 0.187. The van der Waals surface area contributed by atoms with E-state index in [1.807, 2.05) is 0 Å². The zero-order valence-electron chi connectivity index (χ0n) is 35.9. The van der Waals surface area contributed by atoms with Gasteiger partial charge in [-0.25, -0.2) is 4.57 Å². The molecule has 0 fully saturated rings. The molecule has 0 aliphatic rings. The fourth-order valence-electron chi connectivity index (χ4n) is 6.32. The first-order chi connectivity index (χ1) is 27.2. The fraction of sp³-hybridized carbons (Fsp3) is 0.867. The molecule has 0 aromatic heterocycles. The molecule has 1 unspecified atom stereocenters. The monoisotopic (exact) mass is 817 g/mol. The molecule has 0 radical (unpaired) electrons. The fourth-order valence-corrected chi connectivity index (χ4v) is 7.11. The van der Waals surface area contributed by atoms with Crippen LogP contribution in [0.5, 0.6) is 0 Å². The number of ether oxygens (including phenoxy) is 2. The SMILES string of the molecule is CCCCC/C=C\C/C=C\CCCCCCCCCC(=O)OC[C@H](COP(=O)(O)OC[C@@H](O)CO)OC(=O)CCCCCCCCCCCCCCCCCC. The van der Waals surface area contributed by atoms with Crippen molar-refractivity contribution in [2.75, 3.05) is 26.4 Å². The van der Waals surface area contributed by atoms with Crippen LogP contribution in [0.2, 0.25) is 0 Å². The van der Waals surface area contributed by atoms with E-state index in [2.05, 4.69) is 38.2 Å². The number of carbonyl (C=O) groups excluding carboxylic acids is 2. The topological polar surface area (TPSA) is 149 Å². The van der Waals surface area contributed by atoms with Crippen LogP contribution in [0.25, 0.3) is 0 Å². The highest BCUT2D eigenvalue weighted by Gasteiger charge is 2.27. The maximum atomic E-state index is 12.6. The van der Waals surface area contributed by atoms with E-state index in [9.17, 15) is 24.2 Å². The molecule has 56 heavy (non-hydrogen) atoms. The van der Waals surface area contributed by atoms with Crippen LogP contribution >= 0.6 is 7.82 Å². The van der Waals surface area contributed by atoms with Crippen molar-refractivity contribution in [2.24, 2.45) is 0 Å². The first-order valence-corrected chi connectivity index (χ1v) is 24.3. The van der Waals surface area contributed by atoms with Gasteiger partial charge in [-0.05, 0) is 44.9 Å². The number of allylic oxidation sites excluding steroid dienone is 4. The Morgan fingerprint density at radius 1 is 0.536 bits per heavy atom. The predicted molar refractivity (Wildman–Crippen MR) is 228 cm³/mol. The Balaban J connectivity index is 4.25. The Kier molecular flexibility index (Phi) is 40.5. The molecule has 0 rings (SSSR count). The van der Waals surface area contributed by atoms with Crippen molar-refractivity contribution < 1.29 is 47.8 Å². The van der Waals surface area contributed by atoms with Crippen LogP contribution in [0.4, 0.5) is 0 Å². The zero-order valence-corrected chi connectivity index (χ0v) is 36.8. The summed E-state index contributed by atoms with van der Waals surface area (Å²) in [4.78, 5) is 35.0. The molecule has 0 heterocycles. The van der Waals surface area contributed by atoms with E-state index in [-0.39, 0.29) is 19.4 Å². The summed E-state index contributed by atoms with van der Waals surface area (Å²) in [5.41, 5.74) is 0. The lowest BCUT2D eigenvalue weighted by Gasteiger charge is -2.20. The standard InChI is InChI=1S/C45H85O10P/c1-3-5-7-9-11-13-15-17-19-21-23-24-26-28-30-32-34-36-44(48)52-40-43(41-54-56(50,51)53-39-42(47)38-46)55-45(49)37-35-33-31-29-27-25-22-20-18-16-14-12-10-8-6-4-2/h11,13,17,19,42-43,46-47H,3-10,12,14-16,18,20-41H2,1-2H3,(H,50,51)/b13-11-,19-17-/t42-,43+/m0/s1. The molecule has 0 aliphatic carbocycles. The van der Waals surface area contributed by atoms with E-state index >= 15 is 0 Å². The maximum Gasteiger partial charge on any atom is 0.472 e. The van der Waals surface area contributed by atoms with E-state index in [0.29, 0.717) is 12.8 Å². The van der Waals surface area contributed by atoms with Crippen LogP contribution < -0.4 is 0 Å². The number of carbonyl (C=O) groups is 2. The molecule has 0 aromatic carbocycles. The van der Waals surface area contributed by atoms with Gasteiger partial charge in [-0.2, -0.15) is 0 Å². The number of unbranched alkanes of at least 4 members (excludes halogenated alkanes) is 25. The Morgan fingerprint density at radius 3 is 1.41 bits per heavy atom. The Morgan fingerprint density at radius 2 is 0.929 bits per heavy atom. The van der Waals surface area contributed by atoms with Gasteiger partial charge in [-0.1, -0.05) is 179 Å². The molecule has 10 nitrogen and oxygen atoms in total. The van der Waals surface area contributed by atoms with Crippen LogP contribution in [0.1, 0.15) is 213 Å². The molecule has 0 amide bonds. The molecular formula is C45H85O10P. The van der Waals surface area contributed by atoms with Crippen molar-refractivity contribution in [3.63, 3.8) is 0 Å². The van der Waals surface area contributed by atoms with Crippen molar-refractivity contribution in [1.82, 2.24) is 0 Å². The minimum Gasteiger partial charge on any atom is -0.462 e. The molecule has 0 spiro atoms. The van der Waals surface area contributed by atoms with Gasteiger partial charge < -0.3 is 24.6 Å². The number of rotatable bonds is 43. The molecule has 0 aliphatic heterocycles. The van der Waals surface area contributed by atoms with Gasteiger partial charge in [0, 0.05) is 12.8 Å². The van der Waals surface area contributed by atoms with Crippen molar-refractivity contribution in [3.05, 3.63) is 24.3 Å². The molecule has 330 valence electrons. The maximum absolute atomic E-state index is 12.6. The normalized spacial score (nSPS) is 14.0. The van der Waals surface area contributed by atoms with Crippen LogP contribution in [0.3, 0.4) is 0 Å². The van der Waals surface area contributed by atoms with Crippen molar-refractivity contribution in [2.45, 2.75) is 225 Å². The Bertz CT molecular complexity index is 988. The Hall–Kier alpha value is -1.55. The van der Waals surface area contributed by atoms with E-state index < -0.39 is 51.8 Å². The van der Waals surface area contributed by atoms with Crippen LogP contribution in [-0.4, -0.2) is 65.7 Å². The number of aliphatic hydroxyl groups excluding tert-OH is 2. The second-order valence-corrected chi connectivity index (χ2v) is 16.9. The summed E-state index contributed by atoms with van der Waals surface area (Å²) < 4.78 is 32.8. The van der Waals surface area contributed by atoms with Gasteiger partial charge in [-0.3, -0.25) is 18.6 Å². The molecule has 0 aromatic rings. The second-order valence-electron chi connectivity index (χ2n) is 15.4. The first-order valence-electron chi connectivity index (χ1n) is 22.8. The molecule has 0 bridgehead atoms. The van der Waals surface area contributed by atoms with Gasteiger partial charge >= 0.3 is 19.8 Å². The van der Waals surface area contributed by atoms with Crippen molar-refractivity contribution in [3.8, 4) is 0 Å². The summed E-state index contributed by atoms with van der Waals surface area (Å²) in [5.74, 6) is -0.924. The molecule has 3 N–H and O–H groups in total. The number of phosphoric acid groups is 1. The van der Waals surface area contributed by atoms with Gasteiger partial charge in [0.2, 0.25) is 0 Å². The largest absolute Gasteiger partial charge is 0.472 e. The lowest BCUT2D eigenvalue weighted by Crippen LogP contribution is -2.29. The van der Waals surface area contributed by atoms with Gasteiger partial charge in [0.1, 0.15) is 12.7 Å². The molecule has 11 heteroatoms. The lowest BCUT2D eigenvalue weighted by atomic mass is 10.0. The van der Waals surface area contributed by atoms with Gasteiger partial charge in [-0.15, -0.1) is 0 Å². The number of phosphoric ester groups is 1. The average Bonchev–Trinajstić information content (AvgIpc) is 3.19. The summed E-state index contributed by atoms with van der Waals surface area (Å²) in [5, 5.41) is 18.3. The van der Waals surface area contributed by atoms with Crippen LogP contribution in [0.15, 0.2) is 24.3 Å². The third kappa shape index (κ3) is 40.6. The van der Waals surface area contributed by atoms with E-state index in [1.165, 1.54) is 122 Å². The van der Waals surface area contributed by atoms with Crippen molar-refractivity contribution >= 4 is 19.8 Å². The summed E-state index contributed by atoms with van der Waals surface area (Å²) >= 11 is 0. The second kappa shape index (κ2) is 41.6. The number of hydrogen-bond acceptors (Lipinski definition) is 9. The van der Waals surface area contributed by atoms with E-state index in [1.54, 1.807) is 0 Å². The van der Waals surface area contributed by atoms with E-state index in [0.717, 1.165) is 51.4 Å². The highest BCUT2D eigenvalue weighted by molar-refractivity contribution is 7.47. The molecule has 3 atom stereocenters. The minimum atomic E-state index is -4.62. The van der Waals surface area contributed by atoms with Gasteiger partial charge in [0.05, 0.1) is 19.8 Å². The summed E-state index contributed by atoms with van der Waals surface area (Å²) in [6.45, 7) is 2.37. The van der Waals surface area contributed by atoms with Crippen LogP contribution in [0, 0.1) is 0 Å². The highest BCUT2D eigenvalue weighted by Crippen LogP contribution is 2.43. The predicted octanol–water partition coefficient (Wildman–Crippen LogP) is 12.2. The molecule has 0 saturated heterocycles. The summed E-state index contributed by atoms with van der Waals surface area (Å²) in [6, 6.07) is 0. The Labute approximate surface area is 342 Å². The highest BCUT2D eigenvalue weighted by atomic mass is 31.2. The van der Waals surface area contributed by atoms with Gasteiger partial charge in [0.15, 0.2) is 6.10 Å². The first kappa shape index (κ1) is 54.5. The average molecular weight is 817 g/mol. The zero-order chi connectivity index (χ0) is 41.2. The third-order valence-corrected chi connectivity index (χ3v) is 10.8. The number of aliphatic hydroxyl groups is 2.